The maximum Gasteiger partial charge on any atom is 0.254 e. The minimum atomic E-state index is -0.564. The number of carbonyl (C=O) groups is 1. The Bertz CT molecular complexity index is 644. The average molecular weight is 291 g/mol. The summed E-state index contributed by atoms with van der Waals surface area (Å²) >= 11 is 0. The Kier molecular flexibility index (Phi) is 4.87. The molecule has 21 heavy (non-hydrogen) atoms. The smallest absolute Gasteiger partial charge is 0.254 e. The summed E-state index contributed by atoms with van der Waals surface area (Å²) in [5.41, 5.74) is 0.723. The number of nitrogens with one attached hydrogen (secondary N) is 1. The topological polar surface area (TPSA) is 38.3 Å². The Labute approximate surface area is 121 Å². The van der Waals surface area contributed by atoms with Gasteiger partial charge in [-0.25, -0.2) is 8.78 Å². The predicted molar refractivity (Wildman–Crippen MR) is 75.4 cm³/mol. The van der Waals surface area contributed by atoms with Crippen LogP contribution in [0.4, 0.5) is 8.78 Å². The van der Waals surface area contributed by atoms with Gasteiger partial charge in [-0.3, -0.25) is 4.79 Å². The molecule has 0 unspecified atom stereocenters. The Balaban J connectivity index is 1.91. The van der Waals surface area contributed by atoms with Crippen LogP contribution in [0.15, 0.2) is 42.5 Å². The summed E-state index contributed by atoms with van der Waals surface area (Å²) in [4.78, 5) is 11.8. The molecule has 0 aromatic heterocycles. The highest BCUT2D eigenvalue weighted by Gasteiger charge is 2.10. The molecular weight excluding hydrogens is 276 g/mol. The zero-order valence-corrected chi connectivity index (χ0v) is 11.5. The fraction of sp³-hybridized carbons (Fsp3) is 0.188. The fourth-order valence-corrected chi connectivity index (χ4v) is 1.93. The van der Waals surface area contributed by atoms with Crippen molar-refractivity contribution in [1.82, 2.24) is 5.32 Å². The first-order chi connectivity index (χ1) is 10.1. The molecule has 0 aliphatic rings. The Morgan fingerprint density at radius 2 is 1.90 bits per heavy atom. The van der Waals surface area contributed by atoms with Crippen molar-refractivity contribution >= 4 is 5.91 Å². The van der Waals surface area contributed by atoms with E-state index in [1.165, 1.54) is 37.4 Å². The van der Waals surface area contributed by atoms with Crippen LogP contribution in [0.2, 0.25) is 0 Å². The molecule has 0 atom stereocenters. The van der Waals surface area contributed by atoms with Crippen molar-refractivity contribution in [3.63, 3.8) is 0 Å². The second-order valence-electron chi connectivity index (χ2n) is 4.45. The van der Waals surface area contributed by atoms with Gasteiger partial charge < -0.3 is 10.1 Å². The number of amides is 1. The van der Waals surface area contributed by atoms with Crippen molar-refractivity contribution in [3.8, 4) is 5.75 Å². The quantitative estimate of drug-likeness (QED) is 0.920. The van der Waals surface area contributed by atoms with Gasteiger partial charge in [0.05, 0.1) is 12.7 Å². The van der Waals surface area contributed by atoms with Gasteiger partial charge in [-0.15, -0.1) is 0 Å². The lowest BCUT2D eigenvalue weighted by molar-refractivity contribution is 0.0950. The van der Waals surface area contributed by atoms with Crippen molar-refractivity contribution in [3.05, 3.63) is 65.2 Å². The second kappa shape index (κ2) is 6.83. The third-order valence-electron chi connectivity index (χ3n) is 3.03. The van der Waals surface area contributed by atoms with Crippen LogP contribution >= 0.6 is 0 Å². The summed E-state index contributed by atoms with van der Waals surface area (Å²) in [6.07, 6.45) is 0.446. The molecule has 0 saturated carbocycles. The van der Waals surface area contributed by atoms with Gasteiger partial charge >= 0.3 is 0 Å². The third-order valence-corrected chi connectivity index (χ3v) is 3.03. The van der Waals surface area contributed by atoms with Crippen molar-refractivity contribution in [2.24, 2.45) is 0 Å². The number of hydrogen-bond acceptors (Lipinski definition) is 2. The molecule has 0 fully saturated rings. The summed E-state index contributed by atoms with van der Waals surface area (Å²) in [5, 5.41) is 2.60. The minimum Gasteiger partial charge on any atom is -0.494 e. The van der Waals surface area contributed by atoms with Crippen LogP contribution in [0.3, 0.4) is 0 Å². The molecule has 5 heteroatoms. The van der Waals surface area contributed by atoms with Crippen LogP contribution in [-0.4, -0.2) is 19.6 Å². The lowest BCUT2D eigenvalue weighted by Crippen LogP contribution is -2.26. The van der Waals surface area contributed by atoms with Crippen LogP contribution in [0.25, 0.3) is 0 Å². The number of carbonyl (C=O) groups excluding carboxylic acids is 1. The molecule has 1 amide bonds. The Morgan fingerprint density at radius 3 is 2.57 bits per heavy atom. The molecule has 0 aliphatic carbocycles. The maximum atomic E-state index is 13.5. The van der Waals surface area contributed by atoms with Gasteiger partial charge in [-0.2, -0.15) is 0 Å². The number of hydrogen-bond donors (Lipinski definition) is 1. The van der Waals surface area contributed by atoms with Crippen molar-refractivity contribution < 1.29 is 18.3 Å². The molecule has 2 rings (SSSR count). The fourth-order valence-electron chi connectivity index (χ4n) is 1.93. The lowest BCUT2D eigenvalue weighted by atomic mass is 10.1. The third kappa shape index (κ3) is 3.78. The van der Waals surface area contributed by atoms with Gasteiger partial charge in [0.15, 0.2) is 11.6 Å². The van der Waals surface area contributed by atoms with Gasteiger partial charge in [0.2, 0.25) is 0 Å². The van der Waals surface area contributed by atoms with E-state index in [0.29, 0.717) is 13.0 Å². The molecule has 0 radical (unpaired) electrons. The number of rotatable bonds is 5. The van der Waals surface area contributed by atoms with Gasteiger partial charge in [-0.05, 0) is 36.2 Å². The number of benzene rings is 2. The van der Waals surface area contributed by atoms with Crippen LogP contribution in [0.5, 0.6) is 5.75 Å². The van der Waals surface area contributed by atoms with Crippen LogP contribution in [0, 0.1) is 11.6 Å². The van der Waals surface area contributed by atoms with Gasteiger partial charge in [0, 0.05) is 6.54 Å². The van der Waals surface area contributed by atoms with E-state index < -0.39 is 17.5 Å². The van der Waals surface area contributed by atoms with Gasteiger partial charge in [0.1, 0.15) is 5.82 Å². The zero-order chi connectivity index (χ0) is 15.2. The SMILES string of the molecule is COc1ccc(CCNC(=O)c2ccccc2F)cc1F. The normalized spacial score (nSPS) is 10.2. The van der Waals surface area contributed by atoms with Gasteiger partial charge in [0.25, 0.3) is 5.91 Å². The molecule has 0 aliphatic heterocycles. The van der Waals surface area contributed by atoms with E-state index in [9.17, 15) is 13.6 Å². The summed E-state index contributed by atoms with van der Waals surface area (Å²) in [6, 6.07) is 10.4. The molecule has 3 nitrogen and oxygen atoms in total. The molecule has 0 spiro atoms. The van der Waals surface area contributed by atoms with Crippen LogP contribution < -0.4 is 10.1 Å². The van der Waals surface area contributed by atoms with Crippen molar-refractivity contribution in [1.29, 1.82) is 0 Å². The van der Waals surface area contributed by atoms with E-state index >= 15 is 0 Å². The maximum absolute atomic E-state index is 13.5. The summed E-state index contributed by atoms with van der Waals surface area (Å²) in [7, 11) is 1.40. The van der Waals surface area contributed by atoms with Crippen molar-refractivity contribution in [2.45, 2.75) is 6.42 Å². The molecular formula is C16H15F2NO2. The molecule has 2 aromatic carbocycles. The monoisotopic (exact) mass is 291 g/mol. The molecule has 0 heterocycles. The molecule has 2 aromatic rings. The van der Waals surface area contributed by atoms with E-state index in [0.717, 1.165) is 5.56 Å². The van der Waals surface area contributed by atoms with Crippen LogP contribution in [-0.2, 0) is 6.42 Å². The lowest BCUT2D eigenvalue weighted by Gasteiger charge is -2.07. The summed E-state index contributed by atoms with van der Waals surface area (Å²) in [6.45, 7) is 0.291. The number of ether oxygens (including phenoxy) is 1. The van der Waals surface area contributed by atoms with E-state index in [-0.39, 0.29) is 11.3 Å². The highest BCUT2D eigenvalue weighted by molar-refractivity contribution is 5.94. The average Bonchev–Trinajstić information content (AvgIpc) is 2.48. The van der Waals surface area contributed by atoms with E-state index in [1.807, 2.05) is 0 Å². The minimum absolute atomic E-state index is 0.00147. The van der Waals surface area contributed by atoms with Gasteiger partial charge in [-0.1, -0.05) is 18.2 Å². The van der Waals surface area contributed by atoms with E-state index in [2.05, 4.69) is 5.32 Å². The summed E-state index contributed by atoms with van der Waals surface area (Å²) in [5.74, 6) is -1.32. The highest BCUT2D eigenvalue weighted by Crippen LogP contribution is 2.17. The largest absolute Gasteiger partial charge is 0.494 e. The molecule has 1 N–H and O–H groups in total. The van der Waals surface area contributed by atoms with E-state index in [1.54, 1.807) is 12.1 Å². The first-order valence-corrected chi connectivity index (χ1v) is 6.47. The van der Waals surface area contributed by atoms with E-state index in [4.69, 9.17) is 4.74 Å². The Morgan fingerprint density at radius 1 is 1.14 bits per heavy atom. The highest BCUT2D eigenvalue weighted by atomic mass is 19.1. The molecule has 0 bridgehead atoms. The predicted octanol–water partition coefficient (Wildman–Crippen LogP) is 2.95. The standard InChI is InChI=1S/C16H15F2NO2/c1-21-15-7-6-11(10-14(15)18)8-9-19-16(20)12-4-2-3-5-13(12)17/h2-7,10H,8-9H2,1H3,(H,19,20). The Hall–Kier alpha value is -2.43. The first-order valence-electron chi connectivity index (χ1n) is 6.47. The first kappa shape index (κ1) is 15.0. The zero-order valence-electron chi connectivity index (χ0n) is 11.5. The molecule has 110 valence electrons. The van der Waals surface area contributed by atoms with Crippen LogP contribution in [0.1, 0.15) is 15.9 Å². The number of halogens is 2. The summed E-state index contributed by atoms with van der Waals surface area (Å²) < 4.78 is 31.7. The molecule has 0 saturated heterocycles. The van der Waals surface area contributed by atoms with Crippen molar-refractivity contribution in [2.75, 3.05) is 13.7 Å². The second-order valence-corrected chi connectivity index (χ2v) is 4.45. The number of methoxy groups -OCH3 is 1.